The highest BCUT2D eigenvalue weighted by Gasteiger charge is 2.48. The van der Waals surface area contributed by atoms with Crippen LogP contribution in [0, 0.1) is 0 Å². The first-order chi connectivity index (χ1) is 13.6. The molecule has 1 N–H and O–H groups in total. The third-order valence-corrected chi connectivity index (χ3v) is 10.9. The van der Waals surface area contributed by atoms with Crippen LogP contribution in [0.3, 0.4) is 0 Å². The van der Waals surface area contributed by atoms with E-state index in [1.807, 2.05) is 30.2 Å². The van der Waals surface area contributed by atoms with Gasteiger partial charge in [0.2, 0.25) is 0 Å². The van der Waals surface area contributed by atoms with Crippen LogP contribution in [-0.2, 0) is 25.3 Å². The fourth-order valence-corrected chi connectivity index (χ4v) is 5.00. The first-order valence-electron chi connectivity index (χ1n) is 10.6. The molecule has 7 heteroatoms. The quantitative estimate of drug-likeness (QED) is 0.704. The minimum absolute atomic E-state index is 0.00563. The second kappa shape index (κ2) is 9.14. The summed E-state index contributed by atoms with van der Waals surface area (Å²) in [4.78, 5) is 6.08. The van der Waals surface area contributed by atoms with Crippen LogP contribution in [0.15, 0.2) is 30.3 Å². The Labute approximate surface area is 176 Å². The van der Waals surface area contributed by atoms with E-state index in [1.54, 1.807) is 0 Å². The fraction of sp³-hybridized carbons (Fsp3) is 0.727. The number of rotatable bonds is 6. The minimum atomic E-state index is -2.00. The lowest BCUT2D eigenvalue weighted by Crippen LogP contribution is -2.57. The van der Waals surface area contributed by atoms with Crippen molar-refractivity contribution in [1.29, 1.82) is 0 Å². The van der Waals surface area contributed by atoms with E-state index in [-0.39, 0.29) is 42.3 Å². The zero-order chi connectivity index (χ0) is 21.2. The Morgan fingerprint density at radius 1 is 1.21 bits per heavy atom. The summed E-state index contributed by atoms with van der Waals surface area (Å²) in [5.41, 5.74) is 1.16. The molecule has 1 aromatic rings. The fourth-order valence-electron chi connectivity index (χ4n) is 3.69. The molecule has 2 aliphatic rings. The van der Waals surface area contributed by atoms with Gasteiger partial charge in [-0.2, -0.15) is 5.06 Å². The molecule has 2 aliphatic heterocycles. The Kier molecular flexibility index (Phi) is 7.21. The molecule has 6 nitrogen and oxygen atoms in total. The van der Waals surface area contributed by atoms with E-state index in [4.69, 9.17) is 18.7 Å². The van der Waals surface area contributed by atoms with Gasteiger partial charge >= 0.3 is 0 Å². The van der Waals surface area contributed by atoms with Gasteiger partial charge in [-0.05, 0) is 37.0 Å². The summed E-state index contributed by atoms with van der Waals surface area (Å²) >= 11 is 0. The zero-order valence-electron chi connectivity index (χ0n) is 18.6. The first-order valence-corrected chi connectivity index (χ1v) is 13.5. The molecule has 1 aromatic carbocycles. The Bertz CT molecular complexity index is 650. The minimum Gasteiger partial charge on any atom is -0.409 e. The number of hydrogen-bond donors (Lipinski definition) is 1. The molecular weight excluding hydrogens is 386 g/mol. The van der Waals surface area contributed by atoms with E-state index in [0.29, 0.717) is 19.6 Å². The summed E-state index contributed by atoms with van der Waals surface area (Å²) in [6.07, 6.45) is -0.132. The number of hydroxylamine groups is 2. The predicted molar refractivity (Wildman–Crippen MR) is 115 cm³/mol. The standard InChI is InChI=1S/C22H37NO5Si/c1-16-25-15-20(28-29(5,6)22(2,3)4)21(26-16)19-12-18(14-24)27-23(19)13-17-10-8-7-9-11-17/h7-11,16,18-21,24H,12-15H2,1-6H3/t16-,18-,19+,20-,21+/m1/s1. The molecule has 29 heavy (non-hydrogen) atoms. The second-order valence-corrected chi connectivity index (χ2v) is 14.4. The Hall–Kier alpha value is -0.803. The average Bonchev–Trinajstić information content (AvgIpc) is 3.05. The Balaban J connectivity index is 1.81. The molecule has 0 unspecified atom stereocenters. The number of nitrogens with zero attached hydrogens (tertiary/aromatic N) is 1. The van der Waals surface area contributed by atoms with Gasteiger partial charge in [-0.25, -0.2) is 0 Å². The molecule has 0 bridgehead atoms. The van der Waals surface area contributed by atoms with Gasteiger partial charge < -0.3 is 19.0 Å². The van der Waals surface area contributed by atoms with Crippen LogP contribution >= 0.6 is 0 Å². The maximum absolute atomic E-state index is 9.74. The van der Waals surface area contributed by atoms with Gasteiger partial charge in [-0.3, -0.25) is 4.84 Å². The molecule has 164 valence electrons. The zero-order valence-corrected chi connectivity index (χ0v) is 19.6. The summed E-state index contributed by atoms with van der Waals surface area (Å²) in [6.45, 7) is 14.3. The maximum Gasteiger partial charge on any atom is 0.192 e. The molecule has 0 spiro atoms. The van der Waals surface area contributed by atoms with Crippen molar-refractivity contribution in [2.24, 2.45) is 0 Å². The lowest BCUT2D eigenvalue weighted by atomic mass is 9.99. The van der Waals surface area contributed by atoms with Crippen molar-refractivity contribution in [3.05, 3.63) is 35.9 Å². The number of ether oxygens (including phenoxy) is 2. The van der Waals surface area contributed by atoms with Gasteiger partial charge in [0.1, 0.15) is 12.2 Å². The highest BCUT2D eigenvalue weighted by molar-refractivity contribution is 6.74. The van der Waals surface area contributed by atoms with E-state index < -0.39 is 8.32 Å². The third kappa shape index (κ3) is 5.47. The van der Waals surface area contributed by atoms with E-state index in [2.05, 4.69) is 46.0 Å². The van der Waals surface area contributed by atoms with E-state index >= 15 is 0 Å². The molecule has 2 saturated heterocycles. The molecule has 0 saturated carbocycles. The van der Waals surface area contributed by atoms with Crippen molar-refractivity contribution in [3.8, 4) is 0 Å². The monoisotopic (exact) mass is 423 g/mol. The van der Waals surface area contributed by atoms with Crippen LogP contribution in [0.1, 0.15) is 39.7 Å². The van der Waals surface area contributed by atoms with Crippen LogP contribution < -0.4 is 0 Å². The second-order valence-electron chi connectivity index (χ2n) is 9.69. The molecular formula is C22H37NO5Si. The average molecular weight is 424 g/mol. The molecule has 3 rings (SSSR count). The van der Waals surface area contributed by atoms with Crippen molar-refractivity contribution in [2.45, 2.75) is 89.4 Å². The molecule has 2 fully saturated rings. The number of aliphatic hydroxyl groups excluding tert-OH is 1. The molecule has 0 aromatic heterocycles. The normalized spacial score (nSPS) is 31.9. The van der Waals surface area contributed by atoms with Crippen LogP contribution in [0.2, 0.25) is 18.1 Å². The van der Waals surface area contributed by atoms with Gasteiger partial charge in [0, 0.05) is 6.54 Å². The van der Waals surface area contributed by atoms with Gasteiger partial charge in [-0.15, -0.1) is 0 Å². The summed E-state index contributed by atoms with van der Waals surface area (Å²) in [5.74, 6) is 0. The number of hydrogen-bond acceptors (Lipinski definition) is 6. The summed E-state index contributed by atoms with van der Waals surface area (Å²) in [6, 6.07) is 10.2. The summed E-state index contributed by atoms with van der Waals surface area (Å²) < 4.78 is 18.8. The van der Waals surface area contributed by atoms with E-state index in [0.717, 1.165) is 5.56 Å². The molecule has 0 radical (unpaired) electrons. The highest BCUT2D eigenvalue weighted by Crippen LogP contribution is 2.40. The van der Waals surface area contributed by atoms with E-state index in [1.165, 1.54) is 0 Å². The van der Waals surface area contributed by atoms with Crippen LogP contribution in [-0.4, -0.2) is 62.3 Å². The van der Waals surface area contributed by atoms with Crippen LogP contribution in [0.25, 0.3) is 0 Å². The van der Waals surface area contributed by atoms with Gasteiger partial charge in [0.05, 0.1) is 25.4 Å². The Morgan fingerprint density at radius 3 is 2.52 bits per heavy atom. The van der Waals surface area contributed by atoms with Gasteiger partial charge in [0.15, 0.2) is 14.6 Å². The Morgan fingerprint density at radius 2 is 1.90 bits per heavy atom. The van der Waals surface area contributed by atoms with Crippen molar-refractivity contribution in [1.82, 2.24) is 5.06 Å². The molecule has 2 heterocycles. The van der Waals surface area contributed by atoms with Gasteiger partial charge in [0.25, 0.3) is 0 Å². The number of benzene rings is 1. The first kappa shape index (κ1) is 22.9. The van der Waals surface area contributed by atoms with Crippen LogP contribution in [0.5, 0.6) is 0 Å². The number of aliphatic hydroxyl groups is 1. The van der Waals surface area contributed by atoms with Crippen molar-refractivity contribution >= 4 is 8.32 Å². The maximum atomic E-state index is 9.74. The SMILES string of the molecule is C[C@@H]1OC[C@@H](O[Si](C)(C)C(C)(C)C)[C@H]([C@@H]2C[C@H](CO)ON2Cc2ccccc2)O1. The molecule has 0 amide bonds. The smallest absolute Gasteiger partial charge is 0.192 e. The van der Waals surface area contributed by atoms with Crippen molar-refractivity contribution in [2.75, 3.05) is 13.2 Å². The predicted octanol–water partition coefficient (Wildman–Crippen LogP) is 3.71. The van der Waals surface area contributed by atoms with Crippen molar-refractivity contribution in [3.63, 3.8) is 0 Å². The highest BCUT2D eigenvalue weighted by atomic mass is 28.4. The lowest BCUT2D eigenvalue weighted by molar-refractivity contribution is -0.272. The van der Waals surface area contributed by atoms with Crippen LogP contribution in [0.4, 0.5) is 0 Å². The lowest BCUT2D eigenvalue weighted by Gasteiger charge is -2.46. The summed E-state index contributed by atoms with van der Waals surface area (Å²) in [5, 5.41) is 11.8. The van der Waals surface area contributed by atoms with E-state index in [9.17, 15) is 5.11 Å². The topological polar surface area (TPSA) is 60.4 Å². The van der Waals surface area contributed by atoms with Gasteiger partial charge in [-0.1, -0.05) is 51.1 Å². The van der Waals surface area contributed by atoms with Crippen molar-refractivity contribution < 1.29 is 23.8 Å². The molecule has 0 aliphatic carbocycles. The molecule has 5 atom stereocenters. The third-order valence-electron chi connectivity index (χ3n) is 6.39. The summed E-state index contributed by atoms with van der Waals surface area (Å²) in [7, 11) is -2.00. The largest absolute Gasteiger partial charge is 0.409 e.